The molecule has 0 amide bonds. The van der Waals surface area contributed by atoms with Gasteiger partial charge in [-0.1, -0.05) is 18.3 Å². The molecular weight excluding hydrogens is 130 g/mol. The van der Waals surface area contributed by atoms with Crippen LogP contribution in [0.2, 0.25) is 0 Å². The summed E-state index contributed by atoms with van der Waals surface area (Å²) in [7, 11) is 0. The predicted octanol–water partition coefficient (Wildman–Crippen LogP) is 1.42. The number of pyridine rings is 1. The number of hydrogen-bond acceptors (Lipinski definition) is 2. The van der Waals surface area contributed by atoms with E-state index in [9.17, 15) is 0 Å². The third-order valence-corrected chi connectivity index (χ3v) is 1.14. The second kappa shape index (κ2) is 3.30. The molecule has 0 bridgehead atoms. The van der Waals surface area contributed by atoms with Gasteiger partial charge < -0.3 is 0 Å². The van der Waals surface area contributed by atoms with Gasteiger partial charge >= 0.3 is 0 Å². The van der Waals surface area contributed by atoms with Crippen molar-refractivity contribution < 1.29 is 0 Å². The molecule has 0 unspecified atom stereocenters. The molecule has 0 spiro atoms. The smallest absolute Gasteiger partial charge is 0.0924 e. The molecule has 0 atom stereocenters. The van der Waals surface area contributed by atoms with Crippen LogP contribution < -0.4 is 0 Å². The molecule has 0 saturated heterocycles. The van der Waals surface area contributed by atoms with Crippen LogP contribution in [-0.2, 0) is 6.42 Å². The van der Waals surface area contributed by atoms with Gasteiger partial charge in [0.15, 0.2) is 0 Å². The second-order valence-corrected chi connectivity index (χ2v) is 1.98. The van der Waals surface area contributed by atoms with Gasteiger partial charge in [-0.05, 0) is 17.0 Å². The Labute approximate surface area is 59.7 Å². The molecule has 0 saturated carbocycles. The van der Waals surface area contributed by atoms with Crippen LogP contribution >= 0.6 is 12.2 Å². The quantitative estimate of drug-likeness (QED) is 0.570. The molecule has 9 heavy (non-hydrogen) atoms. The van der Waals surface area contributed by atoms with E-state index < -0.39 is 0 Å². The lowest BCUT2D eigenvalue weighted by molar-refractivity contribution is 1.22. The fourth-order valence-electron chi connectivity index (χ4n) is 0.563. The maximum atomic E-state index is 4.66. The summed E-state index contributed by atoms with van der Waals surface area (Å²) in [5.74, 6) is 0. The summed E-state index contributed by atoms with van der Waals surface area (Å²) in [6, 6.07) is 3.83. The second-order valence-electron chi connectivity index (χ2n) is 1.65. The fourth-order valence-corrected chi connectivity index (χ4v) is 0.743. The van der Waals surface area contributed by atoms with E-state index >= 15 is 0 Å². The largest absolute Gasteiger partial charge is 0.254 e. The molecule has 1 aromatic rings. The Hall–Kier alpha value is -0.760. The number of nitrogens with zero attached hydrogens (tertiary/aromatic N) is 1. The van der Waals surface area contributed by atoms with Crippen molar-refractivity contribution in [2.45, 2.75) is 6.42 Å². The number of thiocarbonyl (C=S) groups is 1. The Balaban J connectivity index is 2.72. The van der Waals surface area contributed by atoms with Crippen molar-refractivity contribution in [2.24, 2.45) is 0 Å². The van der Waals surface area contributed by atoms with E-state index in [4.69, 9.17) is 0 Å². The maximum Gasteiger partial charge on any atom is 0.0924 e. The molecule has 1 heterocycles. The molecule has 1 rings (SSSR count). The van der Waals surface area contributed by atoms with Crippen LogP contribution in [0.15, 0.2) is 18.3 Å². The summed E-state index contributed by atoms with van der Waals surface area (Å²) < 4.78 is 0. The van der Waals surface area contributed by atoms with Crippen molar-refractivity contribution in [3.8, 4) is 0 Å². The molecule has 0 aromatic carbocycles. The van der Waals surface area contributed by atoms with Crippen molar-refractivity contribution in [1.29, 1.82) is 0 Å². The summed E-state index contributed by atoms with van der Waals surface area (Å²) in [5, 5.41) is 1.67. The van der Waals surface area contributed by atoms with E-state index in [0.717, 1.165) is 12.0 Å². The van der Waals surface area contributed by atoms with E-state index in [2.05, 4.69) is 23.4 Å². The zero-order valence-corrected chi connectivity index (χ0v) is 5.69. The van der Waals surface area contributed by atoms with Gasteiger partial charge in [0.05, 0.1) is 6.20 Å². The first-order valence-electron chi connectivity index (χ1n) is 2.68. The summed E-state index contributed by atoms with van der Waals surface area (Å²) in [5.41, 5.74) is 1.05. The topological polar surface area (TPSA) is 12.9 Å². The monoisotopic (exact) mass is 136 g/mol. The van der Waals surface area contributed by atoms with Gasteiger partial charge in [-0.3, -0.25) is 4.98 Å². The van der Waals surface area contributed by atoms with Gasteiger partial charge in [0.25, 0.3) is 0 Å². The molecule has 0 aliphatic carbocycles. The van der Waals surface area contributed by atoms with Crippen molar-refractivity contribution in [2.75, 3.05) is 0 Å². The molecule has 45 valence electrons. The summed E-state index contributed by atoms with van der Waals surface area (Å²) >= 11 is 4.66. The molecule has 1 radical (unpaired) electrons. The van der Waals surface area contributed by atoms with Gasteiger partial charge in [0.2, 0.25) is 0 Å². The van der Waals surface area contributed by atoms with Gasteiger partial charge in [0, 0.05) is 12.6 Å². The third kappa shape index (κ3) is 1.90. The van der Waals surface area contributed by atoms with E-state index in [1.54, 1.807) is 11.6 Å². The molecule has 2 heteroatoms. The first-order chi connectivity index (χ1) is 4.43. The van der Waals surface area contributed by atoms with Gasteiger partial charge in [-0.15, -0.1) is 0 Å². The Morgan fingerprint density at radius 1 is 1.78 bits per heavy atom. The van der Waals surface area contributed by atoms with E-state index in [1.165, 1.54) is 0 Å². The van der Waals surface area contributed by atoms with Crippen LogP contribution in [0.4, 0.5) is 0 Å². The minimum Gasteiger partial charge on any atom is -0.254 e. The van der Waals surface area contributed by atoms with Gasteiger partial charge in [-0.2, -0.15) is 0 Å². The van der Waals surface area contributed by atoms with Crippen LogP contribution in [0.5, 0.6) is 0 Å². The van der Waals surface area contributed by atoms with Crippen molar-refractivity contribution >= 4 is 17.6 Å². The molecule has 1 aromatic heterocycles. The number of rotatable bonds is 2. The van der Waals surface area contributed by atoms with E-state index in [0.29, 0.717) is 0 Å². The van der Waals surface area contributed by atoms with Crippen LogP contribution in [0.1, 0.15) is 5.56 Å². The van der Waals surface area contributed by atoms with Crippen molar-refractivity contribution in [3.63, 3.8) is 0 Å². The summed E-state index contributed by atoms with van der Waals surface area (Å²) in [6.07, 6.45) is 5.30. The van der Waals surface area contributed by atoms with Crippen LogP contribution in [0.25, 0.3) is 0 Å². The Kier molecular flexibility index (Phi) is 2.33. The SMILES string of the molecule is S=CCc1[c]nccc1. The van der Waals surface area contributed by atoms with E-state index in [-0.39, 0.29) is 0 Å². The highest BCUT2D eigenvalue weighted by Gasteiger charge is 1.85. The average molecular weight is 136 g/mol. The van der Waals surface area contributed by atoms with Crippen LogP contribution in [0, 0.1) is 6.20 Å². The summed E-state index contributed by atoms with van der Waals surface area (Å²) in [6.45, 7) is 0. The fraction of sp³-hybridized carbons (Fsp3) is 0.143. The Bertz CT molecular complexity index is 183. The molecule has 1 nitrogen and oxygen atoms in total. The van der Waals surface area contributed by atoms with E-state index in [1.807, 2.05) is 12.1 Å². The zero-order chi connectivity index (χ0) is 6.53. The van der Waals surface area contributed by atoms with Crippen LogP contribution in [0.3, 0.4) is 0 Å². The number of aromatic nitrogens is 1. The molecule has 0 aliphatic heterocycles. The highest BCUT2D eigenvalue weighted by atomic mass is 32.1. The highest BCUT2D eigenvalue weighted by molar-refractivity contribution is 7.78. The Morgan fingerprint density at radius 3 is 3.22 bits per heavy atom. The van der Waals surface area contributed by atoms with Crippen molar-refractivity contribution in [3.05, 3.63) is 30.1 Å². The first kappa shape index (κ1) is 6.36. The lowest BCUT2D eigenvalue weighted by atomic mass is 10.2. The normalized spacial score (nSPS) is 8.89. The van der Waals surface area contributed by atoms with Gasteiger partial charge in [0.1, 0.15) is 0 Å². The third-order valence-electron chi connectivity index (χ3n) is 0.969. The lowest BCUT2D eigenvalue weighted by Crippen LogP contribution is -1.83. The minimum absolute atomic E-state index is 0.781. The molecule has 0 N–H and O–H groups in total. The van der Waals surface area contributed by atoms with Gasteiger partial charge in [-0.25, -0.2) is 0 Å². The van der Waals surface area contributed by atoms with Crippen molar-refractivity contribution in [1.82, 2.24) is 4.98 Å². The molecule has 0 fully saturated rings. The standard InChI is InChI=1S/C7H6NS/c9-5-3-7-2-1-4-8-6-7/h1-2,4-5H,3H2. The maximum absolute atomic E-state index is 4.66. The van der Waals surface area contributed by atoms with Crippen LogP contribution in [-0.4, -0.2) is 10.4 Å². The highest BCUT2D eigenvalue weighted by Crippen LogP contribution is 1.92. The Morgan fingerprint density at radius 2 is 2.67 bits per heavy atom. The average Bonchev–Trinajstić information content (AvgIpc) is 1.91. The predicted molar refractivity (Wildman–Crippen MR) is 40.4 cm³/mol. The lowest BCUT2D eigenvalue weighted by Gasteiger charge is -1.88. The zero-order valence-electron chi connectivity index (χ0n) is 4.87. The first-order valence-corrected chi connectivity index (χ1v) is 3.16. The number of hydrogen-bond donors (Lipinski definition) is 0. The molecular formula is C7H6NS. The molecule has 0 aliphatic rings. The minimum atomic E-state index is 0.781. The summed E-state index contributed by atoms with van der Waals surface area (Å²) in [4.78, 5) is 3.81.